The summed E-state index contributed by atoms with van der Waals surface area (Å²) in [5, 5.41) is 18.9. The Morgan fingerprint density at radius 1 is 1.03 bits per heavy atom. The van der Waals surface area contributed by atoms with Gasteiger partial charge < -0.3 is 9.64 Å². The zero-order valence-corrected chi connectivity index (χ0v) is 21.7. The summed E-state index contributed by atoms with van der Waals surface area (Å²) in [7, 11) is 0. The average Bonchev–Trinajstić information content (AvgIpc) is 2.76. The molecule has 1 aromatic rings. The van der Waals surface area contributed by atoms with Gasteiger partial charge in [0.15, 0.2) is 0 Å². The van der Waals surface area contributed by atoms with Gasteiger partial charge in [-0.15, -0.1) is 0 Å². The molecule has 4 heteroatoms. The lowest BCUT2D eigenvalue weighted by atomic mass is 9.69. The van der Waals surface area contributed by atoms with Gasteiger partial charge in [-0.1, -0.05) is 54.5 Å². The Kier molecular flexibility index (Phi) is 5.93. The van der Waals surface area contributed by atoms with Crippen molar-refractivity contribution in [2.24, 2.45) is 5.41 Å². The Labute approximate surface area is 205 Å². The SMILES string of the molecule is CC(C)(C)C1=CC(=C(C#N)C#N)CC(/C=C/c2cc3c4c(c2)C(C)(C)CCN4CCC3(C)C)O1. The van der Waals surface area contributed by atoms with Gasteiger partial charge in [-0.3, -0.25) is 0 Å². The van der Waals surface area contributed by atoms with Crippen molar-refractivity contribution in [3.8, 4) is 12.1 Å². The third kappa shape index (κ3) is 4.39. The molecule has 3 aliphatic rings. The lowest BCUT2D eigenvalue weighted by Crippen LogP contribution is -2.44. The summed E-state index contributed by atoms with van der Waals surface area (Å²) in [6, 6.07) is 8.83. The Morgan fingerprint density at radius 2 is 1.59 bits per heavy atom. The second kappa shape index (κ2) is 8.35. The summed E-state index contributed by atoms with van der Waals surface area (Å²) < 4.78 is 6.33. The molecule has 0 bridgehead atoms. The molecule has 1 aromatic carbocycles. The fourth-order valence-electron chi connectivity index (χ4n) is 5.29. The molecule has 3 heterocycles. The first-order chi connectivity index (χ1) is 15.9. The summed E-state index contributed by atoms with van der Waals surface area (Å²) in [6.45, 7) is 18.0. The topological polar surface area (TPSA) is 60.0 Å². The first kappa shape index (κ1) is 24.2. The zero-order valence-electron chi connectivity index (χ0n) is 21.7. The van der Waals surface area contributed by atoms with E-state index >= 15 is 0 Å². The van der Waals surface area contributed by atoms with Gasteiger partial charge in [0.1, 0.15) is 29.6 Å². The van der Waals surface area contributed by atoms with Crippen molar-refractivity contribution < 1.29 is 4.74 Å². The van der Waals surface area contributed by atoms with E-state index in [-0.39, 0.29) is 27.9 Å². The van der Waals surface area contributed by atoms with Crippen LogP contribution < -0.4 is 4.90 Å². The van der Waals surface area contributed by atoms with Crippen LogP contribution in [0.15, 0.2) is 41.2 Å². The fourth-order valence-corrected chi connectivity index (χ4v) is 5.29. The summed E-state index contributed by atoms with van der Waals surface area (Å²) in [4.78, 5) is 2.59. The van der Waals surface area contributed by atoms with Gasteiger partial charge in [0.25, 0.3) is 0 Å². The van der Waals surface area contributed by atoms with Gasteiger partial charge >= 0.3 is 0 Å². The maximum atomic E-state index is 9.43. The van der Waals surface area contributed by atoms with Crippen molar-refractivity contribution >= 4 is 11.8 Å². The molecule has 0 spiro atoms. The molecule has 4 nitrogen and oxygen atoms in total. The number of nitriles is 2. The standard InChI is InChI=1S/C30H37N3O/c1-28(2,3)26-17-21(22(18-31)19-32)16-23(34-26)9-8-20-14-24-27-25(15-20)30(6,7)11-13-33(27)12-10-29(24,4)5/h8-9,14-15,17,23H,10-13,16H2,1-7H3/b9-8+. The molecule has 0 N–H and O–H groups in total. The molecule has 178 valence electrons. The Morgan fingerprint density at radius 3 is 2.09 bits per heavy atom. The number of allylic oxidation sites excluding steroid dienone is 3. The van der Waals surface area contributed by atoms with Crippen LogP contribution in [0.2, 0.25) is 0 Å². The number of nitrogens with zero attached hydrogens (tertiary/aromatic N) is 3. The minimum Gasteiger partial charge on any atom is -0.490 e. The lowest BCUT2D eigenvalue weighted by molar-refractivity contribution is 0.0989. The van der Waals surface area contributed by atoms with Crippen LogP contribution in [-0.4, -0.2) is 19.2 Å². The van der Waals surface area contributed by atoms with Gasteiger partial charge in [-0.05, 0) is 70.2 Å². The average molecular weight is 456 g/mol. The second-order valence-corrected chi connectivity index (χ2v) is 12.3. The van der Waals surface area contributed by atoms with Crippen LogP contribution in [0.5, 0.6) is 0 Å². The van der Waals surface area contributed by atoms with Crippen molar-refractivity contribution in [2.75, 3.05) is 18.0 Å². The minimum absolute atomic E-state index is 0.145. The van der Waals surface area contributed by atoms with Crippen LogP contribution in [-0.2, 0) is 15.6 Å². The summed E-state index contributed by atoms with van der Waals surface area (Å²) in [6.07, 6.45) is 8.79. The van der Waals surface area contributed by atoms with Crippen LogP contribution in [0.1, 0.15) is 84.4 Å². The molecule has 0 fully saturated rings. The minimum atomic E-state index is -0.212. The van der Waals surface area contributed by atoms with E-state index in [0.717, 1.165) is 37.3 Å². The molecular formula is C30H37N3O. The first-order valence-electron chi connectivity index (χ1n) is 12.4. The van der Waals surface area contributed by atoms with E-state index in [1.54, 1.807) is 0 Å². The van der Waals surface area contributed by atoms with Crippen LogP contribution in [0.4, 0.5) is 5.69 Å². The number of ether oxygens (including phenoxy) is 1. The summed E-state index contributed by atoms with van der Waals surface area (Å²) in [5.41, 5.74) is 6.55. The number of hydrogen-bond acceptors (Lipinski definition) is 4. The predicted molar refractivity (Wildman–Crippen MR) is 138 cm³/mol. The highest BCUT2D eigenvalue weighted by Gasteiger charge is 2.40. The smallest absolute Gasteiger partial charge is 0.133 e. The third-order valence-corrected chi connectivity index (χ3v) is 7.71. The number of hydrogen-bond donors (Lipinski definition) is 0. The van der Waals surface area contributed by atoms with Gasteiger partial charge in [0, 0.05) is 30.6 Å². The Hall–Kier alpha value is -2.98. The number of rotatable bonds is 2. The van der Waals surface area contributed by atoms with Crippen molar-refractivity contribution in [3.63, 3.8) is 0 Å². The molecule has 1 atom stereocenters. The van der Waals surface area contributed by atoms with E-state index in [1.807, 2.05) is 6.08 Å². The van der Waals surface area contributed by atoms with Crippen LogP contribution in [0.25, 0.3) is 6.08 Å². The maximum Gasteiger partial charge on any atom is 0.133 e. The van der Waals surface area contributed by atoms with Gasteiger partial charge in [0.05, 0.1) is 0 Å². The third-order valence-electron chi connectivity index (χ3n) is 7.71. The quantitative estimate of drug-likeness (QED) is 0.454. The van der Waals surface area contributed by atoms with Gasteiger partial charge in [-0.25, -0.2) is 0 Å². The largest absolute Gasteiger partial charge is 0.490 e. The van der Waals surface area contributed by atoms with E-state index < -0.39 is 0 Å². The van der Waals surface area contributed by atoms with Gasteiger partial charge in [-0.2, -0.15) is 10.5 Å². The molecule has 3 aliphatic heterocycles. The maximum absolute atomic E-state index is 9.43. The highest BCUT2D eigenvalue weighted by molar-refractivity contribution is 5.71. The van der Waals surface area contributed by atoms with Crippen LogP contribution >= 0.6 is 0 Å². The molecule has 0 aliphatic carbocycles. The van der Waals surface area contributed by atoms with Crippen LogP contribution in [0, 0.1) is 28.1 Å². The zero-order chi connectivity index (χ0) is 24.9. The normalized spacial score (nSPS) is 22.9. The molecule has 0 radical (unpaired) electrons. The van der Waals surface area contributed by atoms with E-state index in [2.05, 4.69) is 89.8 Å². The van der Waals surface area contributed by atoms with Crippen molar-refractivity contribution in [1.82, 2.24) is 0 Å². The molecule has 4 rings (SSSR count). The van der Waals surface area contributed by atoms with E-state index in [9.17, 15) is 10.5 Å². The number of anilines is 1. The lowest BCUT2D eigenvalue weighted by Gasteiger charge is -2.48. The van der Waals surface area contributed by atoms with E-state index in [1.165, 1.54) is 22.4 Å². The monoisotopic (exact) mass is 455 g/mol. The van der Waals surface area contributed by atoms with Crippen LogP contribution in [0.3, 0.4) is 0 Å². The predicted octanol–water partition coefficient (Wildman–Crippen LogP) is 6.93. The molecule has 1 unspecified atom stereocenters. The molecule has 0 aromatic heterocycles. The van der Waals surface area contributed by atoms with E-state index in [0.29, 0.717) is 6.42 Å². The molecule has 0 saturated heterocycles. The molecule has 34 heavy (non-hydrogen) atoms. The summed E-state index contributed by atoms with van der Waals surface area (Å²) >= 11 is 0. The van der Waals surface area contributed by atoms with E-state index in [4.69, 9.17) is 4.74 Å². The number of benzene rings is 1. The molecule has 0 saturated carbocycles. The van der Waals surface area contributed by atoms with Crippen molar-refractivity contribution in [3.05, 3.63) is 57.9 Å². The Bertz CT molecular complexity index is 1120. The van der Waals surface area contributed by atoms with Crippen molar-refractivity contribution in [2.45, 2.75) is 84.7 Å². The van der Waals surface area contributed by atoms with Gasteiger partial charge in [0.2, 0.25) is 0 Å². The highest BCUT2D eigenvalue weighted by atomic mass is 16.5. The fraction of sp³-hybridized carbons (Fsp3) is 0.533. The Balaban J connectivity index is 1.74. The molecular weight excluding hydrogens is 418 g/mol. The molecule has 0 amide bonds. The second-order valence-electron chi connectivity index (χ2n) is 12.3. The first-order valence-corrected chi connectivity index (χ1v) is 12.4. The van der Waals surface area contributed by atoms with Crippen molar-refractivity contribution in [1.29, 1.82) is 10.5 Å². The summed E-state index contributed by atoms with van der Waals surface area (Å²) in [5.74, 6) is 0.810. The highest BCUT2D eigenvalue weighted by Crippen LogP contribution is 2.49.